The third kappa shape index (κ3) is 4.32. The number of hydrogen-bond donors (Lipinski definition) is 3. The molecular formula is C24H23N5O4. The molecule has 33 heavy (non-hydrogen) atoms. The third-order valence-corrected chi connectivity index (χ3v) is 5.31. The van der Waals surface area contributed by atoms with Crippen LogP contribution >= 0.6 is 0 Å². The van der Waals surface area contributed by atoms with Gasteiger partial charge in [0, 0.05) is 16.9 Å². The van der Waals surface area contributed by atoms with Crippen LogP contribution in [0.2, 0.25) is 0 Å². The van der Waals surface area contributed by atoms with E-state index in [-0.39, 0.29) is 24.0 Å². The molecule has 0 bridgehead atoms. The van der Waals surface area contributed by atoms with E-state index in [9.17, 15) is 10.1 Å². The number of aromatic nitrogens is 2. The van der Waals surface area contributed by atoms with Gasteiger partial charge in [-0.15, -0.1) is 5.10 Å². The summed E-state index contributed by atoms with van der Waals surface area (Å²) in [5.41, 5.74) is 10.2. The highest BCUT2D eigenvalue weighted by molar-refractivity contribution is 5.92. The molecule has 1 aromatic heterocycles. The van der Waals surface area contributed by atoms with E-state index >= 15 is 0 Å². The summed E-state index contributed by atoms with van der Waals surface area (Å²) in [5, 5.41) is 19.5. The van der Waals surface area contributed by atoms with Crippen LogP contribution in [-0.4, -0.2) is 29.8 Å². The van der Waals surface area contributed by atoms with Crippen LogP contribution in [0.15, 0.2) is 53.9 Å². The summed E-state index contributed by atoms with van der Waals surface area (Å²) in [6, 6.07) is 14.9. The van der Waals surface area contributed by atoms with Crippen molar-refractivity contribution >= 4 is 11.6 Å². The number of ether oxygens (including phenoxy) is 3. The Morgan fingerprint density at radius 3 is 2.82 bits per heavy atom. The molecule has 0 spiro atoms. The molecule has 0 saturated carbocycles. The van der Waals surface area contributed by atoms with Crippen molar-refractivity contribution in [2.24, 2.45) is 5.73 Å². The normalized spacial score (nSPS) is 14.7. The van der Waals surface area contributed by atoms with E-state index in [0.29, 0.717) is 23.1 Å². The van der Waals surface area contributed by atoms with Crippen molar-refractivity contribution in [2.45, 2.75) is 19.8 Å². The minimum atomic E-state index is -0.481. The molecule has 2 heterocycles. The number of amides is 1. The highest BCUT2D eigenvalue weighted by Crippen LogP contribution is 2.44. The molecule has 0 aliphatic carbocycles. The molecule has 4 rings (SSSR count). The highest BCUT2D eigenvalue weighted by atomic mass is 16.5. The Balaban J connectivity index is 1.57. The molecule has 1 aliphatic rings. The third-order valence-electron chi connectivity index (χ3n) is 5.31. The average Bonchev–Trinajstić information content (AvgIpc) is 3.16. The quantitative estimate of drug-likeness (QED) is 0.530. The molecule has 9 heteroatoms. The topological polar surface area (TPSA) is 135 Å². The number of benzene rings is 2. The minimum absolute atomic E-state index is 0.00798. The molecule has 1 atom stereocenters. The number of allylic oxidation sites excluding steroid dienone is 1. The van der Waals surface area contributed by atoms with Gasteiger partial charge in [0.15, 0.2) is 18.1 Å². The number of nitrogens with one attached hydrogen (secondary N) is 2. The highest BCUT2D eigenvalue weighted by Gasteiger charge is 2.34. The average molecular weight is 445 g/mol. The predicted octanol–water partition coefficient (Wildman–Crippen LogP) is 3.27. The second kappa shape index (κ2) is 8.96. The predicted molar refractivity (Wildman–Crippen MR) is 121 cm³/mol. The number of carbonyl (C=O) groups is 1. The van der Waals surface area contributed by atoms with Crippen LogP contribution in [0.5, 0.6) is 17.4 Å². The van der Waals surface area contributed by atoms with E-state index < -0.39 is 5.92 Å². The van der Waals surface area contributed by atoms with Gasteiger partial charge in [0.25, 0.3) is 5.91 Å². The van der Waals surface area contributed by atoms with Crippen LogP contribution in [0.1, 0.15) is 28.3 Å². The number of anilines is 1. The molecule has 4 N–H and O–H groups in total. The van der Waals surface area contributed by atoms with Crippen molar-refractivity contribution in [3.05, 3.63) is 76.3 Å². The Morgan fingerprint density at radius 1 is 1.27 bits per heavy atom. The monoisotopic (exact) mass is 445 g/mol. The van der Waals surface area contributed by atoms with Gasteiger partial charge in [-0.05, 0) is 49.2 Å². The lowest BCUT2D eigenvalue weighted by Crippen LogP contribution is -2.21. The lowest BCUT2D eigenvalue weighted by Gasteiger charge is -2.24. The van der Waals surface area contributed by atoms with Gasteiger partial charge in [-0.1, -0.05) is 18.2 Å². The van der Waals surface area contributed by atoms with Gasteiger partial charge in [0.1, 0.15) is 11.6 Å². The second-order valence-corrected chi connectivity index (χ2v) is 7.61. The summed E-state index contributed by atoms with van der Waals surface area (Å²) in [6.07, 6.45) is 0. The Bertz CT molecular complexity index is 1290. The molecular weight excluding hydrogens is 422 g/mol. The first-order chi connectivity index (χ1) is 15.9. The van der Waals surface area contributed by atoms with Crippen LogP contribution in [0.4, 0.5) is 5.69 Å². The number of carbonyl (C=O) groups excluding carboxylic acids is 1. The van der Waals surface area contributed by atoms with E-state index in [1.807, 2.05) is 38.1 Å². The number of nitrogens with two attached hydrogens (primary N) is 1. The molecule has 0 fully saturated rings. The van der Waals surface area contributed by atoms with Crippen LogP contribution in [-0.2, 0) is 4.79 Å². The largest absolute Gasteiger partial charge is 0.493 e. The molecule has 9 nitrogen and oxygen atoms in total. The van der Waals surface area contributed by atoms with Gasteiger partial charge < -0.3 is 25.3 Å². The van der Waals surface area contributed by atoms with Gasteiger partial charge in [0.05, 0.1) is 13.0 Å². The number of rotatable bonds is 6. The van der Waals surface area contributed by atoms with E-state index in [1.165, 1.54) is 7.11 Å². The van der Waals surface area contributed by atoms with Gasteiger partial charge in [-0.3, -0.25) is 9.89 Å². The number of aromatic amines is 1. The van der Waals surface area contributed by atoms with Crippen molar-refractivity contribution in [2.75, 3.05) is 19.0 Å². The van der Waals surface area contributed by atoms with Crippen LogP contribution in [0, 0.1) is 25.2 Å². The van der Waals surface area contributed by atoms with Gasteiger partial charge in [-0.2, -0.15) is 5.26 Å². The second-order valence-electron chi connectivity index (χ2n) is 7.61. The molecule has 3 aromatic rings. The fourth-order valence-corrected chi connectivity index (χ4v) is 3.78. The Morgan fingerprint density at radius 2 is 2.09 bits per heavy atom. The first kappa shape index (κ1) is 21.8. The zero-order chi connectivity index (χ0) is 23.5. The van der Waals surface area contributed by atoms with Gasteiger partial charge in [-0.25, -0.2) is 0 Å². The number of nitrogens with zero attached hydrogens (tertiary/aromatic N) is 2. The maximum atomic E-state index is 12.3. The Labute approximate surface area is 190 Å². The molecule has 1 amide bonds. The molecule has 0 unspecified atom stereocenters. The number of nitriles is 1. The Kier molecular flexibility index (Phi) is 5.91. The number of fused-ring (bicyclic) bond motifs is 1. The molecule has 168 valence electrons. The fourth-order valence-electron chi connectivity index (χ4n) is 3.78. The molecule has 0 saturated heterocycles. The zero-order valence-electron chi connectivity index (χ0n) is 18.4. The standard InChI is InChI=1S/C24H23N5O4/c1-13-5-4-6-16(9-13)27-20(30)12-32-18-8-7-15(10-19(18)31-3)22-17(11-25)23(26)33-24-21(22)14(2)28-29-24/h4-10,22H,12,26H2,1-3H3,(H,27,30)(H,28,29)/t22-/m1/s1. The van der Waals surface area contributed by atoms with Crippen molar-refractivity contribution in [1.29, 1.82) is 5.26 Å². The lowest BCUT2D eigenvalue weighted by molar-refractivity contribution is -0.118. The van der Waals surface area contributed by atoms with Gasteiger partial charge >= 0.3 is 0 Å². The summed E-state index contributed by atoms with van der Waals surface area (Å²) in [4.78, 5) is 12.3. The summed E-state index contributed by atoms with van der Waals surface area (Å²) >= 11 is 0. The fraction of sp³-hybridized carbons (Fsp3) is 0.208. The Hall–Kier alpha value is -4.45. The molecule has 0 radical (unpaired) electrons. The first-order valence-corrected chi connectivity index (χ1v) is 10.2. The maximum Gasteiger partial charge on any atom is 0.262 e. The smallest absolute Gasteiger partial charge is 0.262 e. The molecule has 1 aliphatic heterocycles. The van der Waals surface area contributed by atoms with Crippen molar-refractivity contribution in [1.82, 2.24) is 10.2 Å². The number of H-pyrrole nitrogens is 1. The minimum Gasteiger partial charge on any atom is -0.493 e. The summed E-state index contributed by atoms with van der Waals surface area (Å²) in [5.74, 6) is 0.380. The summed E-state index contributed by atoms with van der Waals surface area (Å²) in [7, 11) is 1.51. The lowest BCUT2D eigenvalue weighted by atomic mass is 9.84. The van der Waals surface area contributed by atoms with Crippen LogP contribution in [0.3, 0.4) is 0 Å². The van der Waals surface area contributed by atoms with E-state index in [1.54, 1.807) is 18.2 Å². The summed E-state index contributed by atoms with van der Waals surface area (Å²) in [6.45, 7) is 3.61. The van der Waals surface area contributed by atoms with Crippen molar-refractivity contribution < 1.29 is 19.0 Å². The summed E-state index contributed by atoms with van der Waals surface area (Å²) < 4.78 is 16.7. The van der Waals surface area contributed by atoms with Crippen LogP contribution < -0.4 is 25.3 Å². The number of methoxy groups -OCH3 is 1. The van der Waals surface area contributed by atoms with Gasteiger partial charge in [0.2, 0.25) is 11.8 Å². The number of aryl methyl sites for hydroxylation is 2. The SMILES string of the molecule is COc1cc([C@@H]2C(C#N)=C(N)Oc3n[nH]c(C)c32)ccc1OCC(=O)Nc1cccc(C)c1. The molecule has 2 aromatic carbocycles. The zero-order valence-corrected chi connectivity index (χ0v) is 18.4. The number of hydrogen-bond acceptors (Lipinski definition) is 7. The van der Waals surface area contributed by atoms with E-state index in [2.05, 4.69) is 21.6 Å². The van der Waals surface area contributed by atoms with Crippen LogP contribution in [0.25, 0.3) is 0 Å². The van der Waals surface area contributed by atoms with Crippen molar-refractivity contribution in [3.8, 4) is 23.4 Å². The van der Waals surface area contributed by atoms with E-state index in [4.69, 9.17) is 19.9 Å². The maximum absolute atomic E-state index is 12.3. The van der Waals surface area contributed by atoms with E-state index in [0.717, 1.165) is 22.4 Å². The first-order valence-electron chi connectivity index (χ1n) is 10.2. The van der Waals surface area contributed by atoms with Crippen molar-refractivity contribution in [3.63, 3.8) is 0 Å².